The molecule has 0 aliphatic carbocycles. The molecule has 0 bridgehead atoms. The maximum absolute atomic E-state index is 5.64. The smallest absolute Gasteiger partial charge is 0.170 e. The highest BCUT2D eigenvalue weighted by Crippen LogP contribution is 2.38. The molecule has 4 rings (SSSR count). The summed E-state index contributed by atoms with van der Waals surface area (Å²) in [5.74, 6) is 0. The number of aromatic nitrogens is 2. The highest BCUT2D eigenvalue weighted by Gasteiger charge is 2.39. The lowest BCUT2D eigenvalue weighted by Gasteiger charge is -2.26. The summed E-state index contributed by atoms with van der Waals surface area (Å²) in [5.41, 5.74) is 3.42. The van der Waals surface area contributed by atoms with Gasteiger partial charge in [0.25, 0.3) is 0 Å². The van der Waals surface area contributed by atoms with Gasteiger partial charge in [-0.05, 0) is 54.5 Å². The van der Waals surface area contributed by atoms with E-state index in [1.165, 1.54) is 5.56 Å². The molecule has 1 aromatic carbocycles. The van der Waals surface area contributed by atoms with Crippen LogP contribution in [0.25, 0.3) is 5.69 Å². The van der Waals surface area contributed by atoms with Gasteiger partial charge in [0.1, 0.15) is 0 Å². The summed E-state index contributed by atoms with van der Waals surface area (Å²) in [6, 6.07) is 18.8. The largest absolute Gasteiger partial charge is 0.352 e. The summed E-state index contributed by atoms with van der Waals surface area (Å²) in [6.07, 6.45) is 7.21. The van der Waals surface area contributed by atoms with Gasteiger partial charge in [-0.15, -0.1) is 0 Å². The van der Waals surface area contributed by atoms with Crippen molar-refractivity contribution in [1.82, 2.24) is 19.8 Å². The van der Waals surface area contributed by atoms with Gasteiger partial charge in [-0.2, -0.15) is 0 Å². The molecule has 3 heterocycles. The first kappa shape index (κ1) is 16.8. The van der Waals surface area contributed by atoms with Crippen LogP contribution in [0, 0.1) is 0 Å². The Morgan fingerprint density at radius 2 is 1.88 bits per heavy atom. The second-order valence-electron chi connectivity index (χ2n) is 6.51. The summed E-state index contributed by atoms with van der Waals surface area (Å²) in [6.45, 7) is 3.11. The third-order valence-corrected chi connectivity index (χ3v) is 5.13. The molecule has 2 unspecified atom stereocenters. The highest BCUT2D eigenvalue weighted by molar-refractivity contribution is 7.80. The van der Waals surface area contributed by atoms with Crippen LogP contribution in [0.5, 0.6) is 0 Å². The average Bonchev–Trinajstić information content (AvgIpc) is 3.29. The lowest BCUT2D eigenvalue weighted by atomic mass is 9.99. The Labute approximate surface area is 159 Å². The first-order chi connectivity index (χ1) is 12.8. The van der Waals surface area contributed by atoms with Crippen LogP contribution < -0.4 is 5.32 Å². The Morgan fingerprint density at radius 1 is 1.08 bits per heavy atom. The van der Waals surface area contributed by atoms with Crippen LogP contribution in [0.3, 0.4) is 0 Å². The lowest BCUT2D eigenvalue weighted by Crippen LogP contribution is -2.30. The Balaban J connectivity index is 1.72. The first-order valence-corrected chi connectivity index (χ1v) is 9.40. The molecule has 0 spiro atoms. The Kier molecular flexibility index (Phi) is 4.71. The summed E-state index contributed by atoms with van der Waals surface area (Å²) < 4.78 is 2.16. The zero-order valence-corrected chi connectivity index (χ0v) is 15.6. The number of nitrogens with one attached hydrogen (secondary N) is 1. The number of pyridine rings is 1. The van der Waals surface area contributed by atoms with Crippen LogP contribution in [0.1, 0.15) is 36.7 Å². The molecule has 1 fully saturated rings. The third-order valence-electron chi connectivity index (χ3n) is 4.77. The van der Waals surface area contributed by atoms with Gasteiger partial charge in [-0.1, -0.05) is 31.2 Å². The van der Waals surface area contributed by atoms with E-state index in [-0.39, 0.29) is 12.1 Å². The fourth-order valence-electron chi connectivity index (χ4n) is 3.60. The fourth-order valence-corrected chi connectivity index (χ4v) is 3.93. The molecule has 1 N–H and O–H groups in total. The number of para-hydroxylation sites is 1. The van der Waals surface area contributed by atoms with E-state index >= 15 is 0 Å². The quantitative estimate of drug-likeness (QED) is 0.688. The lowest BCUT2D eigenvalue weighted by molar-refractivity contribution is 0.318. The maximum atomic E-state index is 5.64. The number of benzene rings is 1. The van der Waals surface area contributed by atoms with Crippen molar-refractivity contribution in [2.24, 2.45) is 0 Å². The topological polar surface area (TPSA) is 33.1 Å². The Morgan fingerprint density at radius 3 is 2.62 bits per heavy atom. The molecule has 26 heavy (non-hydrogen) atoms. The van der Waals surface area contributed by atoms with Gasteiger partial charge in [0.05, 0.1) is 17.8 Å². The highest BCUT2D eigenvalue weighted by atomic mass is 32.1. The maximum Gasteiger partial charge on any atom is 0.170 e. The number of hydrogen-bond acceptors (Lipinski definition) is 2. The van der Waals surface area contributed by atoms with Gasteiger partial charge in [0, 0.05) is 30.8 Å². The minimum atomic E-state index is 0.0573. The third kappa shape index (κ3) is 3.10. The summed E-state index contributed by atoms with van der Waals surface area (Å²) in [4.78, 5) is 6.87. The molecule has 1 aliphatic heterocycles. The van der Waals surface area contributed by atoms with Gasteiger partial charge in [0.15, 0.2) is 5.11 Å². The van der Waals surface area contributed by atoms with Crippen molar-refractivity contribution in [3.63, 3.8) is 0 Å². The number of rotatable bonds is 5. The molecule has 5 heteroatoms. The van der Waals surface area contributed by atoms with Crippen molar-refractivity contribution in [3.8, 4) is 5.69 Å². The SMILES string of the molecule is CCCN1C(=S)NC(c2ccccn2)C1c1ccn(-c2ccccc2)c1. The van der Waals surface area contributed by atoms with Crippen molar-refractivity contribution in [1.29, 1.82) is 0 Å². The van der Waals surface area contributed by atoms with Gasteiger partial charge >= 0.3 is 0 Å². The molecule has 132 valence electrons. The number of thiocarbonyl (C=S) groups is 1. The van der Waals surface area contributed by atoms with Crippen LogP contribution in [-0.2, 0) is 0 Å². The standard InChI is InChI=1S/C21H22N4S/c1-2-13-25-20(19(23-21(25)26)18-10-6-7-12-22-18)16-11-14-24(15-16)17-8-4-3-5-9-17/h3-12,14-15,19-20H,2,13H2,1H3,(H,23,26). The van der Waals surface area contributed by atoms with Crippen LogP contribution in [0.2, 0.25) is 0 Å². The molecular formula is C21H22N4S. The molecule has 0 radical (unpaired) electrons. The second kappa shape index (κ2) is 7.30. The molecular weight excluding hydrogens is 340 g/mol. The van der Waals surface area contributed by atoms with Crippen molar-refractivity contribution in [2.75, 3.05) is 6.54 Å². The molecule has 3 aromatic rings. The average molecular weight is 363 g/mol. The molecule has 1 saturated heterocycles. The van der Waals surface area contributed by atoms with Crippen molar-refractivity contribution < 1.29 is 0 Å². The normalized spacial score (nSPS) is 19.6. The van der Waals surface area contributed by atoms with Crippen LogP contribution in [0.15, 0.2) is 73.2 Å². The van der Waals surface area contributed by atoms with Gasteiger partial charge < -0.3 is 14.8 Å². The minimum absolute atomic E-state index is 0.0573. The van der Waals surface area contributed by atoms with Gasteiger partial charge in [-0.3, -0.25) is 4.98 Å². The monoisotopic (exact) mass is 362 g/mol. The minimum Gasteiger partial charge on any atom is -0.352 e. The number of hydrogen-bond donors (Lipinski definition) is 1. The fraction of sp³-hybridized carbons (Fsp3) is 0.238. The second-order valence-corrected chi connectivity index (χ2v) is 6.89. The molecule has 4 nitrogen and oxygen atoms in total. The van der Waals surface area contributed by atoms with Crippen LogP contribution >= 0.6 is 12.2 Å². The van der Waals surface area contributed by atoms with E-state index in [0.717, 1.165) is 29.5 Å². The summed E-state index contributed by atoms with van der Waals surface area (Å²) in [5, 5.41) is 4.29. The van der Waals surface area contributed by atoms with Crippen LogP contribution in [0.4, 0.5) is 0 Å². The zero-order chi connectivity index (χ0) is 17.9. The van der Waals surface area contributed by atoms with E-state index < -0.39 is 0 Å². The van der Waals surface area contributed by atoms with Crippen molar-refractivity contribution in [2.45, 2.75) is 25.4 Å². The summed E-state index contributed by atoms with van der Waals surface area (Å²) >= 11 is 5.64. The van der Waals surface area contributed by atoms with Gasteiger partial charge in [-0.25, -0.2) is 0 Å². The number of nitrogens with zero attached hydrogens (tertiary/aromatic N) is 3. The van der Waals surface area contributed by atoms with E-state index in [9.17, 15) is 0 Å². The van der Waals surface area contributed by atoms with E-state index in [2.05, 4.69) is 75.5 Å². The molecule has 1 aliphatic rings. The Bertz CT molecular complexity index is 875. The molecule has 0 saturated carbocycles. The van der Waals surface area contributed by atoms with Gasteiger partial charge in [0.2, 0.25) is 0 Å². The van der Waals surface area contributed by atoms with Crippen LogP contribution in [-0.4, -0.2) is 26.1 Å². The first-order valence-electron chi connectivity index (χ1n) is 8.99. The van der Waals surface area contributed by atoms with E-state index in [4.69, 9.17) is 12.2 Å². The Hall–Kier alpha value is -2.66. The van der Waals surface area contributed by atoms with E-state index in [0.29, 0.717) is 0 Å². The summed E-state index contributed by atoms with van der Waals surface area (Å²) in [7, 11) is 0. The zero-order valence-electron chi connectivity index (χ0n) is 14.7. The van der Waals surface area contributed by atoms with E-state index in [1.54, 1.807) is 0 Å². The molecule has 2 atom stereocenters. The predicted molar refractivity (Wildman–Crippen MR) is 108 cm³/mol. The van der Waals surface area contributed by atoms with E-state index in [1.807, 2.05) is 24.4 Å². The van der Waals surface area contributed by atoms with Crippen molar-refractivity contribution >= 4 is 17.3 Å². The predicted octanol–water partition coefficient (Wildman–Crippen LogP) is 4.25. The molecule has 2 aromatic heterocycles. The molecule has 0 amide bonds. The van der Waals surface area contributed by atoms with Crippen molar-refractivity contribution in [3.05, 3.63) is 84.4 Å².